The number of hydrogen-bond acceptors (Lipinski definition) is 5. The van der Waals surface area contributed by atoms with Crippen LogP contribution < -0.4 is 15.4 Å². The minimum Gasteiger partial charge on any atom is -0.490 e. The summed E-state index contributed by atoms with van der Waals surface area (Å²) in [7, 11) is 1.76. The van der Waals surface area contributed by atoms with Crippen molar-refractivity contribution in [2.24, 2.45) is 0 Å². The van der Waals surface area contributed by atoms with Gasteiger partial charge in [0, 0.05) is 24.3 Å². The maximum absolute atomic E-state index is 13.5. The largest absolute Gasteiger partial charge is 0.490 e. The summed E-state index contributed by atoms with van der Waals surface area (Å²) in [6.07, 6.45) is 1.18. The highest BCUT2D eigenvalue weighted by molar-refractivity contribution is 6.30. The number of benzene rings is 3. The van der Waals surface area contributed by atoms with Crippen molar-refractivity contribution < 1.29 is 23.9 Å². The minimum atomic E-state index is -0.366. The van der Waals surface area contributed by atoms with E-state index >= 15 is 0 Å². The number of nitrogens with one attached hydrogen (secondary N) is 2. The fourth-order valence-electron chi connectivity index (χ4n) is 5.17. The van der Waals surface area contributed by atoms with E-state index in [2.05, 4.69) is 10.6 Å². The molecule has 0 aromatic heterocycles. The predicted octanol–water partition coefficient (Wildman–Crippen LogP) is 4.61. The summed E-state index contributed by atoms with van der Waals surface area (Å²) in [6.45, 7) is 0.665. The molecule has 1 saturated heterocycles. The highest BCUT2D eigenvalue weighted by atomic mass is 35.5. The fourth-order valence-corrected chi connectivity index (χ4v) is 5.30. The number of fused-ring (bicyclic) bond motifs is 2. The van der Waals surface area contributed by atoms with E-state index in [9.17, 15) is 14.4 Å². The maximum atomic E-state index is 13.5. The highest BCUT2D eigenvalue weighted by Gasteiger charge is 2.39. The zero-order valence-corrected chi connectivity index (χ0v) is 23.0. The Balaban J connectivity index is 1.19. The van der Waals surface area contributed by atoms with E-state index in [1.165, 1.54) is 0 Å². The molecule has 3 atom stereocenters. The molecular formula is C31H32ClN3O5. The van der Waals surface area contributed by atoms with Crippen molar-refractivity contribution in [1.82, 2.24) is 10.2 Å². The summed E-state index contributed by atoms with van der Waals surface area (Å²) >= 11 is 5.92. The van der Waals surface area contributed by atoms with Gasteiger partial charge in [0.2, 0.25) is 11.8 Å². The van der Waals surface area contributed by atoms with Gasteiger partial charge in [-0.15, -0.1) is 0 Å². The Bertz CT molecular complexity index is 1370. The summed E-state index contributed by atoms with van der Waals surface area (Å²) in [6, 6.07) is 21.7. The molecule has 1 fully saturated rings. The van der Waals surface area contributed by atoms with E-state index < -0.39 is 0 Å². The molecule has 2 aliphatic heterocycles. The third-order valence-electron chi connectivity index (χ3n) is 7.32. The molecule has 0 aliphatic carbocycles. The van der Waals surface area contributed by atoms with E-state index in [0.29, 0.717) is 41.4 Å². The summed E-state index contributed by atoms with van der Waals surface area (Å²) in [5, 5.41) is 6.47. The smallest absolute Gasteiger partial charge is 0.257 e. The molecule has 0 saturated carbocycles. The van der Waals surface area contributed by atoms with Gasteiger partial charge in [0.25, 0.3) is 5.91 Å². The second kappa shape index (κ2) is 12.5. The van der Waals surface area contributed by atoms with Gasteiger partial charge in [0.15, 0.2) is 0 Å². The second-order valence-corrected chi connectivity index (χ2v) is 10.6. The summed E-state index contributed by atoms with van der Waals surface area (Å²) in [4.78, 5) is 40.3. The van der Waals surface area contributed by atoms with Gasteiger partial charge in [-0.05, 0) is 54.3 Å². The van der Waals surface area contributed by atoms with Gasteiger partial charge in [-0.1, -0.05) is 54.1 Å². The fraction of sp³-hybridized carbons (Fsp3) is 0.323. The summed E-state index contributed by atoms with van der Waals surface area (Å²) in [5.74, 6) is -0.0288. The Labute approximate surface area is 238 Å². The molecule has 40 heavy (non-hydrogen) atoms. The van der Waals surface area contributed by atoms with Crippen molar-refractivity contribution in [3.05, 3.63) is 94.5 Å². The molecule has 208 valence electrons. The molecule has 3 amide bonds. The molecule has 2 N–H and O–H groups in total. The van der Waals surface area contributed by atoms with Gasteiger partial charge in [-0.2, -0.15) is 0 Å². The molecule has 0 bridgehead atoms. The lowest BCUT2D eigenvalue weighted by Crippen LogP contribution is -2.53. The van der Waals surface area contributed by atoms with Gasteiger partial charge in [0.1, 0.15) is 18.5 Å². The Hall–Kier alpha value is -3.88. The van der Waals surface area contributed by atoms with Crippen LogP contribution in [0.25, 0.3) is 0 Å². The van der Waals surface area contributed by atoms with Crippen LogP contribution in [-0.4, -0.2) is 54.5 Å². The number of anilines is 1. The number of rotatable bonds is 7. The quantitative estimate of drug-likeness (QED) is 0.439. The first-order chi connectivity index (χ1) is 19.4. The first-order valence-corrected chi connectivity index (χ1v) is 13.8. The Morgan fingerprint density at radius 3 is 2.52 bits per heavy atom. The van der Waals surface area contributed by atoms with Crippen LogP contribution in [0.1, 0.15) is 40.7 Å². The number of carbonyl (C=O) groups is 3. The molecule has 0 radical (unpaired) electrons. The van der Waals surface area contributed by atoms with Crippen molar-refractivity contribution in [1.29, 1.82) is 0 Å². The van der Waals surface area contributed by atoms with Crippen molar-refractivity contribution in [2.45, 2.75) is 50.5 Å². The van der Waals surface area contributed by atoms with Crippen LogP contribution in [0.3, 0.4) is 0 Å². The average molecular weight is 562 g/mol. The van der Waals surface area contributed by atoms with Crippen LogP contribution in [0, 0.1) is 0 Å². The normalized spacial score (nSPS) is 20.3. The molecular weight excluding hydrogens is 530 g/mol. The molecule has 2 aliphatic rings. The van der Waals surface area contributed by atoms with E-state index in [4.69, 9.17) is 21.1 Å². The topological polar surface area (TPSA) is 97.0 Å². The Kier molecular flexibility index (Phi) is 8.67. The van der Waals surface area contributed by atoms with Crippen LogP contribution in [0.15, 0.2) is 72.8 Å². The maximum Gasteiger partial charge on any atom is 0.257 e. The van der Waals surface area contributed by atoms with Crippen LogP contribution in [0.5, 0.6) is 5.75 Å². The van der Waals surface area contributed by atoms with Crippen LogP contribution in [0.4, 0.5) is 5.69 Å². The molecule has 0 spiro atoms. The summed E-state index contributed by atoms with van der Waals surface area (Å²) in [5.41, 5.74) is 2.80. The van der Waals surface area contributed by atoms with Gasteiger partial charge < -0.3 is 25.0 Å². The van der Waals surface area contributed by atoms with Crippen molar-refractivity contribution in [3.8, 4) is 5.75 Å². The Morgan fingerprint density at radius 1 is 0.975 bits per heavy atom. The SMILES string of the molecule is CN1C(=O)c2cc(NC(=O)Cc3ccccc3)ccc2OC[C@H]2O[C@H](CC(=O)NCc3ccc(Cl)cc3)CC[C@H]21. The number of amides is 3. The minimum absolute atomic E-state index is 0.0956. The number of ether oxygens (including phenoxy) is 2. The third-order valence-corrected chi connectivity index (χ3v) is 7.57. The van der Waals surface area contributed by atoms with Gasteiger partial charge >= 0.3 is 0 Å². The first-order valence-electron chi connectivity index (χ1n) is 13.4. The standard InChI is InChI=1S/C31H32ClN3O5/c1-35-26-13-12-24(17-29(36)33-18-21-7-9-22(32)10-8-21)40-28(26)19-39-27-14-11-23(16-25(27)31(35)38)34-30(37)15-20-5-3-2-4-6-20/h2-11,14,16,24,26,28H,12-13,15,17-19H2,1H3,(H,33,36)(H,34,37)/t24-,26+,28+/m0/s1. The Morgan fingerprint density at radius 2 is 1.75 bits per heavy atom. The molecule has 5 rings (SSSR count). The van der Waals surface area contributed by atoms with Crippen molar-refractivity contribution in [2.75, 3.05) is 19.0 Å². The lowest BCUT2D eigenvalue weighted by molar-refractivity contribution is -0.134. The third kappa shape index (κ3) is 6.81. The number of hydrogen-bond donors (Lipinski definition) is 2. The molecule has 2 heterocycles. The molecule has 9 heteroatoms. The first kappa shape index (κ1) is 27.7. The van der Waals surface area contributed by atoms with Crippen molar-refractivity contribution >= 4 is 35.0 Å². The average Bonchev–Trinajstić information content (AvgIpc) is 2.95. The van der Waals surface area contributed by atoms with Gasteiger partial charge in [0.05, 0.1) is 30.6 Å². The number of carbonyl (C=O) groups excluding carboxylic acids is 3. The van der Waals surface area contributed by atoms with E-state index in [1.54, 1.807) is 42.3 Å². The van der Waals surface area contributed by atoms with Gasteiger partial charge in [-0.3, -0.25) is 14.4 Å². The molecule has 3 aromatic rings. The molecule has 3 aromatic carbocycles. The highest BCUT2D eigenvalue weighted by Crippen LogP contribution is 2.32. The van der Waals surface area contributed by atoms with Crippen LogP contribution in [-0.2, 0) is 27.3 Å². The van der Waals surface area contributed by atoms with Crippen molar-refractivity contribution in [3.63, 3.8) is 0 Å². The van der Waals surface area contributed by atoms with Crippen LogP contribution >= 0.6 is 11.6 Å². The summed E-state index contributed by atoms with van der Waals surface area (Å²) < 4.78 is 12.3. The molecule has 0 unspecified atom stereocenters. The zero-order valence-electron chi connectivity index (χ0n) is 22.3. The second-order valence-electron chi connectivity index (χ2n) is 10.2. The zero-order chi connectivity index (χ0) is 28.1. The lowest BCUT2D eigenvalue weighted by atomic mass is 9.94. The van der Waals surface area contributed by atoms with E-state index in [1.807, 2.05) is 42.5 Å². The number of halogens is 1. The van der Waals surface area contributed by atoms with Crippen LogP contribution in [0.2, 0.25) is 5.02 Å². The lowest BCUT2D eigenvalue weighted by Gasteiger charge is -2.42. The van der Waals surface area contributed by atoms with E-state index in [0.717, 1.165) is 11.1 Å². The molecule has 8 nitrogen and oxygen atoms in total. The number of likely N-dealkylation sites (N-methyl/N-ethyl adjacent to an activating group) is 1. The predicted molar refractivity (Wildman–Crippen MR) is 152 cm³/mol. The van der Waals surface area contributed by atoms with Gasteiger partial charge in [-0.25, -0.2) is 0 Å². The van der Waals surface area contributed by atoms with E-state index in [-0.39, 0.29) is 55.4 Å². The number of nitrogens with zero attached hydrogens (tertiary/aromatic N) is 1. The monoisotopic (exact) mass is 561 g/mol.